The summed E-state index contributed by atoms with van der Waals surface area (Å²) in [7, 11) is 0. The van der Waals surface area contributed by atoms with E-state index in [1.807, 2.05) is 97.9 Å². The number of fused-ring (bicyclic) bond motifs is 6. The van der Waals surface area contributed by atoms with Gasteiger partial charge in [-0.2, -0.15) is 0 Å². The first-order chi connectivity index (χ1) is 24.1. The van der Waals surface area contributed by atoms with Crippen LogP contribution in [0.25, 0.3) is 55.0 Å². The number of ether oxygens (including phenoxy) is 1. The first-order valence-electron chi connectivity index (χ1n) is 15.8. The molecule has 0 aliphatic carbocycles. The van der Waals surface area contributed by atoms with E-state index in [-0.39, 0.29) is 17.4 Å². The van der Waals surface area contributed by atoms with E-state index in [0.29, 0.717) is 17.7 Å². The molecule has 0 fully saturated rings. The van der Waals surface area contributed by atoms with Gasteiger partial charge in [-0.15, -0.1) is 0 Å². The van der Waals surface area contributed by atoms with Crippen molar-refractivity contribution >= 4 is 55.5 Å². The summed E-state index contributed by atoms with van der Waals surface area (Å²) in [4.78, 5) is 23.9. The van der Waals surface area contributed by atoms with Crippen molar-refractivity contribution in [3.63, 3.8) is 0 Å². The van der Waals surface area contributed by atoms with Crippen molar-refractivity contribution < 1.29 is 19.8 Å². The molecule has 10 heteroatoms. The fraction of sp³-hybridized carbons (Fsp3) is 0.0500. The number of amides is 1. The highest BCUT2D eigenvalue weighted by molar-refractivity contribution is 6.12. The predicted octanol–water partition coefficient (Wildman–Crippen LogP) is 6.34. The number of hydrazine groups is 2. The van der Waals surface area contributed by atoms with Crippen LogP contribution in [-0.4, -0.2) is 33.1 Å². The zero-order chi connectivity index (χ0) is 34.3. The van der Waals surface area contributed by atoms with Crippen LogP contribution in [0.3, 0.4) is 0 Å². The fourth-order valence-corrected chi connectivity index (χ4v) is 6.22. The number of nitrogen functional groups attached to an aromatic ring is 1. The van der Waals surface area contributed by atoms with Gasteiger partial charge in [0.15, 0.2) is 0 Å². The van der Waals surface area contributed by atoms with Gasteiger partial charge in [0.2, 0.25) is 0 Å². The number of para-hydroxylation sites is 4. The van der Waals surface area contributed by atoms with Crippen molar-refractivity contribution in [3.8, 4) is 11.4 Å². The van der Waals surface area contributed by atoms with Gasteiger partial charge in [0.25, 0.3) is 5.91 Å². The second kappa shape index (κ2) is 15.7. The van der Waals surface area contributed by atoms with Crippen molar-refractivity contribution in [2.75, 3.05) is 6.61 Å². The molecular formula is C40H38N6O4. The summed E-state index contributed by atoms with van der Waals surface area (Å²) < 4.78 is 9.56. The largest absolute Gasteiger partial charge is 0.462 e. The minimum absolute atomic E-state index is 0. The van der Waals surface area contributed by atoms with Crippen LogP contribution in [0.4, 0.5) is 0 Å². The molecule has 0 saturated heterocycles. The fourth-order valence-electron chi connectivity index (χ4n) is 6.22. The lowest BCUT2D eigenvalue weighted by molar-refractivity contribution is 0.0526. The van der Waals surface area contributed by atoms with Crippen LogP contribution in [0.5, 0.6) is 0 Å². The summed E-state index contributed by atoms with van der Waals surface area (Å²) in [6.45, 7) is 2.19. The van der Waals surface area contributed by atoms with E-state index in [1.54, 1.807) is 6.07 Å². The average molecular weight is 667 g/mol. The molecule has 1 amide bonds. The van der Waals surface area contributed by atoms with Crippen LogP contribution in [0.15, 0.2) is 146 Å². The first kappa shape index (κ1) is 35.0. The minimum atomic E-state index is -0.288. The van der Waals surface area contributed by atoms with Gasteiger partial charge in [0, 0.05) is 38.5 Å². The quantitative estimate of drug-likeness (QED) is 0.0721. The molecule has 10 nitrogen and oxygen atoms in total. The molecule has 9 N–H and O–H groups in total. The lowest BCUT2D eigenvalue weighted by atomic mass is 10.1. The second-order valence-corrected chi connectivity index (χ2v) is 11.0. The van der Waals surface area contributed by atoms with Crippen molar-refractivity contribution in [1.29, 1.82) is 0 Å². The van der Waals surface area contributed by atoms with Crippen LogP contribution < -0.4 is 23.0 Å². The monoisotopic (exact) mass is 666 g/mol. The Balaban J connectivity index is 0.000000182. The zero-order valence-corrected chi connectivity index (χ0v) is 27.4. The maximum absolute atomic E-state index is 12.1. The number of carbonyl (C=O) groups is 2. The third kappa shape index (κ3) is 6.55. The number of hydrogen-bond acceptors (Lipinski definition) is 6. The Kier molecular flexibility index (Phi) is 11.0. The molecule has 0 unspecified atom stereocenters. The Morgan fingerprint density at radius 3 is 1.42 bits per heavy atom. The third-order valence-electron chi connectivity index (χ3n) is 8.28. The Morgan fingerprint density at radius 1 is 0.560 bits per heavy atom. The van der Waals surface area contributed by atoms with E-state index in [0.717, 1.165) is 55.0 Å². The Morgan fingerprint density at radius 2 is 0.960 bits per heavy atom. The summed E-state index contributed by atoms with van der Waals surface area (Å²) in [5.74, 6) is 12.7. The number of nitrogens with zero attached hydrogens (tertiary/aromatic N) is 2. The van der Waals surface area contributed by atoms with Gasteiger partial charge in [-0.3, -0.25) is 21.9 Å². The van der Waals surface area contributed by atoms with E-state index < -0.39 is 0 Å². The SMILES string of the molecule is CCOC(=O)c1ccc2c(c1)c1ccccc1n2-c1ccccc1.NN.NNC(=O)c1ccc2c(c1)c1ccccc1n2-c1ccccc1.O. The van der Waals surface area contributed by atoms with E-state index in [4.69, 9.17) is 10.6 Å². The average Bonchev–Trinajstić information content (AvgIpc) is 3.68. The number of aromatic nitrogens is 2. The van der Waals surface area contributed by atoms with E-state index >= 15 is 0 Å². The standard InChI is InChI=1S/C21H17NO2.C19H15N3O.H4N2.H2O/c1-2-24-21(23)15-12-13-20-18(14-15)17-10-6-7-11-19(17)22(20)16-8-4-3-5-9-16;20-21-19(23)13-10-11-18-16(12-13)15-8-4-5-9-17(15)22(18)14-6-2-1-3-7-14;1-2;/h3-14H,2H2,1H3;1-12H,20H2,(H,21,23);1-2H2;1H2. The number of rotatable bonds is 5. The molecule has 0 radical (unpaired) electrons. The minimum Gasteiger partial charge on any atom is -0.462 e. The Labute approximate surface area is 288 Å². The summed E-state index contributed by atoms with van der Waals surface area (Å²) in [5.41, 5.74) is 9.89. The molecule has 2 heterocycles. The van der Waals surface area contributed by atoms with Gasteiger partial charge in [-0.1, -0.05) is 72.8 Å². The number of carbonyl (C=O) groups excluding carboxylic acids is 2. The molecule has 6 aromatic carbocycles. The Bertz CT molecular complexity index is 2400. The van der Waals surface area contributed by atoms with Crippen LogP contribution in [0.2, 0.25) is 0 Å². The van der Waals surface area contributed by atoms with Crippen molar-refractivity contribution in [2.24, 2.45) is 17.5 Å². The number of benzene rings is 6. The molecule has 2 aromatic heterocycles. The summed E-state index contributed by atoms with van der Waals surface area (Å²) in [5, 5.41) is 4.33. The molecule has 8 aromatic rings. The molecule has 0 aliphatic rings. The Hall–Kier alpha value is -6.30. The van der Waals surface area contributed by atoms with Crippen LogP contribution >= 0.6 is 0 Å². The number of nitrogens with two attached hydrogens (primary N) is 3. The molecule has 0 bridgehead atoms. The molecule has 8 rings (SSSR count). The maximum Gasteiger partial charge on any atom is 0.338 e. The van der Waals surface area contributed by atoms with E-state index in [2.05, 4.69) is 74.8 Å². The first-order valence-corrected chi connectivity index (χ1v) is 15.8. The smallest absolute Gasteiger partial charge is 0.338 e. The van der Waals surface area contributed by atoms with Gasteiger partial charge < -0.3 is 19.3 Å². The lowest BCUT2D eigenvalue weighted by Gasteiger charge is -2.07. The molecule has 0 aliphatic heterocycles. The second-order valence-electron chi connectivity index (χ2n) is 11.0. The van der Waals surface area contributed by atoms with Crippen LogP contribution in [0, 0.1) is 0 Å². The van der Waals surface area contributed by atoms with Gasteiger partial charge in [-0.25, -0.2) is 10.6 Å². The molecule has 0 saturated carbocycles. The predicted molar refractivity (Wildman–Crippen MR) is 201 cm³/mol. The molecule has 0 atom stereocenters. The summed E-state index contributed by atoms with van der Waals surface area (Å²) in [6, 6.07) is 48.3. The van der Waals surface area contributed by atoms with Gasteiger partial charge in [0.1, 0.15) is 0 Å². The lowest BCUT2D eigenvalue weighted by Crippen LogP contribution is -2.29. The van der Waals surface area contributed by atoms with Crippen molar-refractivity contribution in [3.05, 3.63) is 157 Å². The third-order valence-corrected chi connectivity index (χ3v) is 8.28. The van der Waals surface area contributed by atoms with Crippen molar-refractivity contribution in [2.45, 2.75) is 6.92 Å². The van der Waals surface area contributed by atoms with Gasteiger partial charge >= 0.3 is 5.97 Å². The van der Waals surface area contributed by atoms with Crippen LogP contribution in [-0.2, 0) is 4.74 Å². The molecule has 252 valence electrons. The van der Waals surface area contributed by atoms with Crippen molar-refractivity contribution in [1.82, 2.24) is 14.6 Å². The topological polar surface area (TPSA) is 175 Å². The number of nitrogens with one attached hydrogen (secondary N) is 1. The number of esters is 1. The van der Waals surface area contributed by atoms with Gasteiger partial charge in [0.05, 0.1) is 34.2 Å². The summed E-state index contributed by atoms with van der Waals surface area (Å²) >= 11 is 0. The van der Waals surface area contributed by atoms with Gasteiger partial charge in [-0.05, 0) is 79.7 Å². The molecule has 50 heavy (non-hydrogen) atoms. The van der Waals surface area contributed by atoms with Crippen LogP contribution in [0.1, 0.15) is 27.6 Å². The summed E-state index contributed by atoms with van der Waals surface area (Å²) in [6.07, 6.45) is 0. The highest BCUT2D eigenvalue weighted by Crippen LogP contribution is 2.34. The highest BCUT2D eigenvalue weighted by atomic mass is 16.5. The van der Waals surface area contributed by atoms with E-state index in [1.165, 1.54) is 0 Å². The van der Waals surface area contributed by atoms with E-state index in [9.17, 15) is 9.59 Å². The normalized spacial score (nSPS) is 10.5. The molecule has 0 spiro atoms. The zero-order valence-electron chi connectivity index (χ0n) is 27.4. The molecular weight excluding hydrogens is 628 g/mol. The maximum atomic E-state index is 12.1. The number of hydrogen-bond donors (Lipinski definition) is 4. The highest BCUT2D eigenvalue weighted by Gasteiger charge is 2.16.